The van der Waals surface area contributed by atoms with E-state index in [1.165, 1.54) is 35.8 Å². The summed E-state index contributed by atoms with van der Waals surface area (Å²) in [7, 11) is 5.84. The zero-order valence-corrected chi connectivity index (χ0v) is 40.2. The Kier molecular flexibility index (Phi) is 20.0. The predicted molar refractivity (Wildman–Crippen MR) is 254 cm³/mol. The molecular formula is C50H75NO12S2. The Balaban J connectivity index is 1.27. The van der Waals surface area contributed by atoms with Gasteiger partial charge in [-0.05, 0) is 155 Å². The minimum Gasteiger partial charge on any atom is -0.504 e. The summed E-state index contributed by atoms with van der Waals surface area (Å²) in [6.07, 6.45) is 6.82. The standard InChI is InChI=1S/C50H75NO12S2/c1-31-6-9-35(10-11-36(55)14-18-52)50(27-31)16-4-5-17-51-28-34-8-13-38(24-41(34)50)63-45-23-33-7-12-37(62-30-54)25-42(56)40(20-32-21-46(60-2)49(59)47(22-32)61-3)44(58)29-64-65-48(15-19-53)39(33)26-43(45)57/h21-23,26,31,34-38,40-42,44,48,51-59H,5-15,17-20,24-25,27-30H2,1-3H3. The fourth-order valence-corrected chi connectivity index (χ4v) is 14.2. The van der Waals surface area contributed by atoms with Crippen molar-refractivity contribution in [2.24, 2.45) is 35.0 Å². The van der Waals surface area contributed by atoms with Crippen molar-refractivity contribution in [3.63, 3.8) is 0 Å². The number of aliphatic hydroxyl groups excluding tert-OH is 6. The molecule has 0 aromatic heterocycles. The van der Waals surface area contributed by atoms with Gasteiger partial charge in [-0.3, -0.25) is 0 Å². The Morgan fingerprint density at radius 2 is 1.66 bits per heavy atom. The molecule has 12 atom stereocenters. The maximum Gasteiger partial charge on any atom is 0.200 e. The molecule has 9 N–H and O–H groups in total. The molecule has 12 unspecified atom stereocenters. The van der Waals surface area contributed by atoms with Crippen molar-refractivity contribution in [2.75, 3.05) is 53.1 Å². The SMILES string of the molecule is COc1cc(CC2C(O)CSSC(CCO)c3cc(O)c(OC4CCC5CNCCC#CC6(CC(C)CCC6CCC(O)CCO)C5C4)cc3CCC(OCO)CC2O)cc(OC)c1O. The Hall–Kier alpha value is -2.62. The lowest BCUT2D eigenvalue weighted by atomic mass is 9.51. The number of hydrogen-bond acceptors (Lipinski definition) is 15. The third-order valence-electron chi connectivity index (χ3n) is 14.7. The number of ether oxygens (including phenoxy) is 4. The number of benzene rings is 2. The number of hydrogen-bond donors (Lipinski definition) is 9. The summed E-state index contributed by atoms with van der Waals surface area (Å²) < 4.78 is 23.5. The first kappa shape index (κ1) is 51.8. The van der Waals surface area contributed by atoms with Crippen molar-refractivity contribution in [2.45, 2.75) is 139 Å². The Bertz CT molecular complexity index is 1840. The van der Waals surface area contributed by atoms with Crippen molar-refractivity contribution < 1.29 is 59.8 Å². The second-order valence-electron chi connectivity index (χ2n) is 19.0. The van der Waals surface area contributed by atoms with E-state index in [1.807, 2.05) is 6.07 Å². The van der Waals surface area contributed by atoms with Gasteiger partial charge < -0.3 is 65.1 Å². The molecule has 15 heteroatoms. The van der Waals surface area contributed by atoms with Crippen LogP contribution in [0, 0.1) is 46.8 Å². The van der Waals surface area contributed by atoms with Crippen LogP contribution in [-0.4, -0.2) is 124 Å². The molecule has 1 spiro atoms. The monoisotopic (exact) mass is 945 g/mol. The van der Waals surface area contributed by atoms with Crippen molar-refractivity contribution in [1.29, 1.82) is 0 Å². The number of aryl methyl sites for hydroxylation is 1. The average molecular weight is 946 g/mol. The van der Waals surface area contributed by atoms with Gasteiger partial charge >= 0.3 is 0 Å². The molecule has 65 heavy (non-hydrogen) atoms. The highest BCUT2D eigenvalue weighted by Gasteiger charge is 2.52. The smallest absolute Gasteiger partial charge is 0.200 e. The van der Waals surface area contributed by atoms with Crippen LogP contribution in [0.2, 0.25) is 0 Å². The molecule has 2 aliphatic heterocycles. The van der Waals surface area contributed by atoms with Crippen LogP contribution >= 0.6 is 21.6 Å². The topological polar surface area (TPSA) is 211 Å². The molecule has 13 nitrogen and oxygen atoms in total. The van der Waals surface area contributed by atoms with Gasteiger partial charge in [-0.15, -0.1) is 5.92 Å². The highest BCUT2D eigenvalue weighted by atomic mass is 33.1. The molecule has 0 bridgehead atoms. The Morgan fingerprint density at radius 1 is 0.877 bits per heavy atom. The Morgan fingerprint density at radius 3 is 2.38 bits per heavy atom. The van der Waals surface area contributed by atoms with Gasteiger partial charge in [-0.2, -0.15) is 0 Å². The number of nitrogens with one attached hydrogen (secondary N) is 1. The van der Waals surface area contributed by atoms with E-state index in [0.29, 0.717) is 61.2 Å². The first-order valence-corrected chi connectivity index (χ1v) is 26.2. The van der Waals surface area contributed by atoms with Crippen molar-refractivity contribution in [3.8, 4) is 40.6 Å². The highest BCUT2D eigenvalue weighted by Crippen LogP contribution is 2.57. The molecule has 2 saturated carbocycles. The number of aliphatic hydroxyl groups is 6. The highest BCUT2D eigenvalue weighted by molar-refractivity contribution is 8.76. The molecule has 6 rings (SSSR count). The molecule has 0 amide bonds. The minimum atomic E-state index is -1.03. The van der Waals surface area contributed by atoms with Crippen LogP contribution in [0.3, 0.4) is 0 Å². The lowest BCUT2D eigenvalue weighted by Crippen LogP contribution is -2.50. The molecule has 364 valence electrons. The molecule has 4 aliphatic rings. The zero-order chi connectivity index (χ0) is 46.5. The third kappa shape index (κ3) is 13.3. The number of aromatic hydroxyl groups is 2. The van der Waals surface area contributed by atoms with Gasteiger partial charge in [-0.25, -0.2) is 0 Å². The van der Waals surface area contributed by atoms with Gasteiger partial charge in [0, 0.05) is 48.5 Å². The fourth-order valence-electron chi connectivity index (χ4n) is 11.3. The number of rotatable bonds is 15. The summed E-state index contributed by atoms with van der Waals surface area (Å²) in [5.74, 6) is 9.31. The normalized spacial score (nSPS) is 31.8. The quantitative estimate of drug-likeness (QED) is 0.0547. The van der Waals surface area contributed by atoms with Crippen LogP contribution in [0.15, 0.2) is 24.3 Å². The molecule has 2 aromatic carbocycles. The van der Waals surface area contributed by atoms with Crippen LogP contribution in [0.4, 0.5) is 0 Å². The van der Waals surface area contributed by atoms with Gasteiger partial charge in [0.05, 0.1) is 44.7 Å². The molecule has 2 heterocycles. The lowest BCUT2D eigenvalue weighted by Gasteiger charge is -2.53. The summed E-state index contributed by atoms with van der Waals surface area (Å²) >= 11 is 0. The Labute approximate surface area is 393 Å². The number of phenols is 2. The van der Waals surface area contributed by atoms with Crippen LogP contribution in [0.25, 0.3) is 0 Å². The molecule has 2 aliphatic carbocycles. The second kappa shape index (κ2) is 25.1. The minimum absolute atomic E-state index is 0.0230. The number of phenolic OH excluding ortho intramolecular Hbond substituents is 2. The molecular weight excluding hydrogens is 871 g/mol. The zero-order valence-electron chi connectivity index (χ0n) is 38.5. The largest absolute Gasteiger partial charge is 0.504 e. The number of fused-ring (bicyclic) bond motifs is 3. The maximum atomic E-state index is 11.8. The first-order chi connectivity index (χ1) is 31.4. The molecule has 2 fully saturated rings. The van der Waals surface area contributed by atoms with Crippen LogP contribution in [0.1, 0.15) is 112 Å². The van der Waals surface area contributed by atoms with Gasteiger partial charge in [0.2, 0.25) is 5.75 Å². The summed E-state index contributed by atoms with van der Waals surface area (Å²) in [4.78, 5) is 0. The van der Waals surface area contributed by atoms with E-state index < -0.39 is 37.1 Å². The predicted octanol–water partition coefficient (Wildman–Crippen LogP) is 6.28. The molecule has 2 aromatic rings. The van der Waals surface area contributed by atoms with Gasteiger partial charge in [0.15, 0.2) is 23.0 Å². The van der Waals surface area contributed by atoms with Crippen molar-refractivity contribution >= 4 is 21.6 Å². The van der Waals surface area contributed by atoms with Gasteiger partial charge in [0.25, 0.3) is 0 Å². The van der Waals surface area contributed by atoms with Crippen molar-refractivity contribution in [3.05, 3.63) is 41.0 Å². The van der Waals surface area contributed by atoms with Gasteiger partial charge in [-0.1, -0.05) is 40.9 Å². The number of methoxy groups -OCH3 is 2. The van der Waals surface area contributed by atoms with Crippen molar-refractivity contribution in [1.82, 2.24) is 5.32 Å². The van der Waals surface area contributed by atoms with E-state index in [-0.39, 0.29) is 77.5 Å². The van der Waals surface area contributed by atoms with E-state index in [4.69, 9.17) is 18.9 Å². The van der Waals surface area contributed by atoms with Crippen LogP contribution < -0.4 is 19.5 Å². The second-order valence-corrected chi connectivity index (χ2v) is 21.6. The van der Waals surface area contributed by atoms with Crippen LogP contribution in [-0.2, 0) is 17.6 Å². The third-order valence-corrected chi connectivity index (χ3v) is 17.6. The lowest BCUT2D eigenvalue weighted by molar-refractivity contribution is -0.0808. The fraction of sp³-hybridized carbons (Fsp3) is 0.720. The van der Waals surface area contributed by atoms with Gasteiger partial charge in [0.1, 0.15) is 6.79 Å². The molecule has 0 saturated heterocycles. The molecule has 0 radical (unpaired) electrons. The van der Waals surface area contributed by atoms with E-state index in [0.717, 1.165) is 75.6 Å². The average Bonchev–Trinajstić information content (AvgIpc) is 3.37. The van der Waals surface area contributed by atoms with E-state index in [1.54, 1.807) is 18.2 Å². The van der Waals surface area contributed by atoms with E-state index >= 15 is 0 Å². The summed E-state index contributed by atoms with van der Waals surface area (Å²) in [6, 6.07) is 7.02. The van der Waals surface area contributed by atoms with E-state index in [2.05, 4.69) is 24.1 Å². The summed E-state index contributed by atoms with van der Waals surface area (Å²) in [5.41, 5.74) is 2.22. The van der Waals surface area contributed by atoms with Crippen LogP contribution in [0.5, 0.6) is 28.7 Å². The van der Waals surface area contributed by atoms with E-state index in [9.17, 15) is 40.9 Å². The maximum absolute atomic E-state index is 11.8. The summed E-state index contributed by atoms with van der Waals surface area (Å²) in [5, 5.41) is 89.8. The first-order valence-electron chi connectivity index (χ1n) is 23.9. The summed E-state index contributed by atoms with van der Waals surface area (Å²) in [6.45, 7) is 3.43.